The molecule has 9 heteroatoms. The topological polar surface area (TPSA) is 68.2 Å². The van der Waals surface area contributed by atoms with E-state index < -0.39 is 24.1 Å². The second-order valence-corrected chi connectivity index (χ2v) is 6.93. The van der Waals surface area contributed by atoms with Crippen LogP contribution in [0.5, 0.6) is 0 Å². The van der Waals surface area contributed by atoms with Crippen LogP contribution in [-0.2, 0) is 4.79 Å². The number of amides is 3. The Morgan fingerprint density at radius 2 is 1.59 bits per heavy atom. The molecule has 5 rings (SSSR count). The number of rotatable bonds is 2. The monoisotopic (exact) mass is 395 g/mol. The number of nitrogens with zero attached hydrogens (tertiary/aromatic N) is 4. The highest BCUT2D eigenvalue weighted by atomic mass is 19.1. The summed E-state index contributed by atoms with van der Waals surface area (Å²) in [6.07, 6.45) is 1.06. The molecule has 0 saturated carbocycles. The summed E-state index contributed by atoms with van der Waals surface area (Å²) in [5.74, 6) is -0.774. The molecule has 1 N–H and O–H groups in total. The number of benzene rings is 2. The maximum absolute atomic E-state index is 13.5. The Bertz CT molecular complexity index is 1080. The van der Waals surface area contributed by atoms with Gasteiger partial charge in [-0.05, 0) is 48.5 Å². The van der Waals surface area contributed by atoms with Gasteiger partial charge in [0, 0.05) is 24.5 Å². The van der Waals surface area contributed by atoms with Crippen LogP contribution in [0.3, 0.4) is 0 Å². The van der Waals surface area contributed by atoms with Gasteiger partial charge >= 0.3 is 6.03 Å². The van der Waals surface area contributed by atoms with Gasteiger partial charge in [-0.2, -0.15) is 0 Å². The minimum atomic E-state index is -0.728. The molecule has 146 valence electrons. The normalized spacial score (nSPS) is 22.9. The van der Waals surface area contributed by atoms with E-state index in [-0.39, 0.29) is 11.6 Å². The predicted octanol–water partition coefficient (Wildman–Crippen LogP) is 2.33. The molecule has 3 amide bonds. The number of aliphatic imine (C=N–C) groups is 1. The summed E-state index contributed by atoms with van der Waals surface area (Å²) in [7, 11) is 1.57. The number of fused-ring (bicyclic) bond motifs is 3. The van der Waals surface area contributed by atoms with E-state index in [0.717, 1.165) is 0 Å². The summed E-state index contributed by atoms with van der Waals surface area (Å²) < 4.78 is 26.9. The molecule has 3 heterocycles. The van der Waals surface area contributed by atoms with Crippen LogP contribution in [0.15, 0.2) is 59.7 Å². The number of halogens is 2. The molecule has 7 nitrogen and oxygen atoms in total. The highest BCUT2D eigenvalue weighted by molar-refractivity contribution is 6.16. The summed E-state index contributed by atoms with van der Waals surface area (Å²) in [6, 6.07) is 10.5. The third-order valence-corrected chi connectivity index (χ3v) is 5.20. The van der Waals surface area contributed by atoms with Crippen LogP contribution >= 0.6 is 0 Å². The molecular formula is C20H15F2N5O2. The van der Waals surface area contributed by atoms with Gasteiger partial charge in [-0.3, -0.25) is 19.9 Å². The first kappa shape index (κ1) is 17.4. The second kappa shape index (κ2) is 6.13. The van der Waals surface area contributed by atoms with E-state index in [0.29, 0.717) is 22.9 Å². The Balaban J connectivity index is 1.64. The summed E-state index contributed by atoms with van der Waals surface area (Å²) >= 11 is 0. The lowest BCUT2D eigenvalue weighted by Gasteiger charge is -2.34. The largest absolute Gasteiger partial charge is 0.325 e. The Kier molecular flexibility index (Phi) is 3.67. The molecule has 1 saturated heterocycles. The first-order valence-corrected chi connectivity index (χ1v) is 8.91. The van der Waals surface area contributed by atoms with E-state index in [1.807, 2.05) is 0 Å². The lowest BCUT2D eigenvalue weighted by molar-refractivity contribution is -0.126. The van der Waals surface area contributed by atoms with Crippen LogP contribution in [0, 0.1) is 11.6 Å². The molecule has 0 bridgehead atoms. The van der Waals surface area contributed by atoms with Gasteiger partial charge in [0.15, 0.2) is 12.2 Å². The average molecular weight is 395 g/mol. The minimum absolute atomic E-state index is 0.370. The number of anilines is 1. The molecule has 3 aliphatic rings. The van der Waals surface area contributed by atoms with Crippen LogP contribution in [0.2, 0.25) is 0 Å². The SMILES string of the molecule is CN1C(=O)NC(=O)C2C1N=C1N(c3ccc(F)cc3)C(c3ccc(F)cc3)=CN12. The Morgan fingerprint density at radius 3 is 2.24 bits per heavy atom. The number of carbonyl (C=O) groups excluding carboxylic acids is 2. The van der Waals surface area contributed by atoms with Crippen molar-refractivity contribution in [3.05, 3.63) is 71.9 Å². The lowest BCUT2D eigenvalue weighted by Crippen LogP contribution is -2.62. The molecule has 0 aliphatic carbocycles. The van der Waals surface area contributed by atoms with Crippen molar-refractivity contribution in [2.75, 3.05) is 11.9 Å². The van der Waals surface area contributed by atoms with Gasteiger partial charge < -0.3 is 4.90 Å². The highest BCUT2D eigenvalue weighted by Crippen LogP contribution is 2.39. The summed E-state index contributed by atoms with van der Waals surface area (Å²) in [4.78, 5) is 33.9. The zero-order valence-electron chi connectivity index (χ0n) is 15.2. The number of imide groups is 1. The summed E-state index contributed by atoms with van der Waals surface area (Å²) in [5, 5.41) is 2.32. The van der Waals surface area contributed by atoms with Crippen molar-refractivity contribution in [2.45, 2.75) is 12.2 Å². The van der Waals surface area contributed by atoms with E-state index in [9.17, 15) is 18.4 Å². The third kappa shape index (κ3) is 2.58. The first-order chi connectivity index (χ1) is 13.9. The molecule has 2 aromatic carbocycles. The van der Waals surface area contributed by atoms with Crippen molar-refractivity contribution in [2.24, 2.45) is 4.99 Å². The zero-order chi connectivity index (χ0) is 20.3. The van der Waals surface area contributed by atoms with Crippen LogP contribution in [0.4, 0.5) is 19.3 Å². The van der Waals surface area contributed by atoms with Gasteiger partial charge in [-0.15, -0.1) is 0 Å². The van der Waals surface area contributed by atoms with E-state index in [2.05, 4.69) is 10.3 Å². The molecule has 2 unspecified atom stereocenters. The van der Waals surface area contributed by atoms with Crippen LogP contribution < -0.4 is 10.2 Å². The minimum Gasteiger partial charge on any atom is -0.303 e. The second-order valence-electron chi connectivity index (χ2n) is 6.93. The van der Waals surface area contributed by atoms with E-state index in [1.165, 1.54) is 29.2 Å². The van der Waals surface area contributed by atoms with Gasteiger partial charge in [0.05, 0.1) is 5.70 Å². The van der Waals surface area contributed by atoms with E-state index in [1.54, 1.807) is 47.3 Å². The number of urea groups is 1. The van der Waals surface area contributed by atoms with Crippen molar-refractivity contribution in [3.63, 3.8) is 0 Å². The Labute approximate surface area is 164 Å². The predicted molar refractivity (Wildman–Crippen MR) is 101 cm³/mol. The standard InChI is InChI=1S/C20H15F2N5O2/c1-25-17-16(18(28)24-20(25)29)26-10-15(11-2-4-12(21)5-3-11)27(19(26)23-17)14-8-6-13(22)7-9-14/h2-10,16-17H,1H3,(H,24,28,29). The fourth-order valence-electron chi connectivity index (χ4n) is 3.75. The van der Waals surface area contributed by atoms with Crippen molar-refractivity contribution in [1.82, 2.24) is 15.1 Å². The fraction of sp³-hybridized carbons (Fsp3) is 0.150. The van der Waals surface area contributed by atoms with Crippen molar-refractivity contribution < 1.29 is 18.4 Å². The molecule has 0 radical (unpaired) electrons. The summed E-state index contributed by atoms with van der Waals surface area (Å²) in [5.41, 5.74) is 1.97. The van der Waals surface area contributed by atoms with Gasteiger partial charge in [0.25, 0.3) is 5.91 Å². The molecule has 2 aromatic rings. The van der Waals surface area contributed by atoms with Crippen LogP contribution in [0.25, 0.3) is 5.70 Å². The zero-order valence-corrected chi connectivity index (χ0v) is 15.2. The number of likely N-dealkylation sites (N-methyl/N-ethyl adjacent to an activating group) is 1. The Morgan fingerprint density at radius 1 is 0.966 bits per heavy atom. The quantitative estimate of drug-likeness (QED) is 0.848. The molecule has 2 atom stereocenters. The molecule has 0 aromatic heterocycles. The molecule has 3 aliphatic heterocycles. The maximum atomic E-state index is 13.5. The number of hydrogen-bond acceptors (Lipinski definition) is 5. The van der Waals surface area contributed by atoms with E-state index >= 15 is 0 Å². The lowest BCUT2D eigenvalue weighted by atomic mass is 10.1. The van der Waals surface area contributed by atoms with Crippen LogP contribution in [-0.4, -0.2) is 47.0 Å². The number of guanidine groups is 1. The highest BCUT2D eigenvalue weighted by Gasteiger charge is 2.52. The van der Waals surface area contributed by atoms with Gasteiger partial charge in [-0.1, -0.05) is 0 Å². The number of carbonyl (C=O) groups is 2. The Hall–Kier alpha value is -3.75. The molecule has 0 spiro atoms. The van der Waals surface area contributed by atoms with Crippen molar-refractivity contribution in [1.29, 1.82) is 0 Å². The van der Waals surface area contributed by atoms with Crippen molar-refractivity contribution >= 4 is 29.3 Å². The number of nitrogens with one attached hydrogen (secondary N) is 1. The maximum Gasteiger partial charge on any atom is 0.325 e. The third-order valence-electron chi connectivity index (χ3n) is 5.20. The fourth-order valence-corrected chi connectivity index (χ4v) is 3.75. The number of hydrogen-bond donors (Lipinski definition) is 1. The van der Waals surface area contributed by atoms with E-state index in [4.69, 9.17) is 0 Å². The molecular weight excluding hydrogens is 380 g/mol. The molecule has 1 fully saturated rings. The first-order valence-electron chi connectivity index (χ1n) is 8.91. The van der Waals surface area contributed by atoms with Crippen molar-refractivity contribution in [3.8, 4) is 0 Å². The smallest absolute Gasteiger partial charge is 0.303 e. The van der Waals surface area contributed by atoms with Gasteiger partial charge in [-0.25, -0.2) is 18.6 Å². The van der Waals surface area contributed by atoms with Crippen LogP contribution in [0.1, 0.15) is 5.56 Å². The summed E-state index contributed by atoms with van der Waals surface area (Å²) in [6.45, 7) is 0. The average Bonchev–Trinajstić information content (AvgIpc) is 3.24. The van der Waals surface area contributed by atoms with Gasteiger partial charge in [0.2, 0.25) is 5.96 Å². The molecule has 29 heavy (non-hydrogen) atoms. The van der Waals surface area contributed by atoms with Gasteiger partial charge in [0.1, 0.15) is 11.6 Å².